The van der Waals surface area contributed by atoms with Crippen LogP contribution in [0.25, 0.3) is 0 Å². The van der Waals surface area contributed by atoms with Gasteiger partial charge in [-0.15, -0.1) is 0 Å². The zero-order chi connectivity index (χ0) is 18.5. The van der Waals surface area contributed by atoms with E-state index in [1.54, 1.807) is 17.1 Å². The number of rotatable bonds is 6. The number of carbonyl (C=O) groups is 1. The molecule has 0 unspecified atom stereocenters. The average molecular weight is 350 g/mol. The molecule has 0 radical (unpaired) electrons. The third-order valence-corrected chi connectivity index (χ3v) is 3.59. The van der Waals surface area contributed by atoms with E-state index < -0.39 is 0 Å². The number of aromatic nitrogens is 4. The standard InChI is InChI=1S/C18H19N7O/c1-4-16(26)21-13-6-5-7-14(8-13)22-17-12(2)9-19-18(24-17)23-15-10-20-25(3)11-15/h4-11H,1H2,2-3H3,(H,21,26)(H2,19,22,23,24)/p+1. The summed E-state index contributed by atoms with van der Waals surface area (Å²) >= 11 is 0. The third kappa shape index (κ3) is 4.31. The van der Waals surface area contributed by atoms with Crippen molar-refractivity contribution in [2.24, 2.45) is 7.05 Å². The Morgan fingerprint density at radius 3 is 2.85 bits per heavy atom. The molecule has 0 spiro atoms. The number of nitrogens with one attached hydrogen (secondary N) is 2. The van der Waals surface area contributed by atoms with Crippen LogP contribution in [0.1, 0.15) is 5.56 Å². The molecule has 132 valence electrons. The van der Waals surface area contributed by atoms with Gasteiger partial charge in [-0.05, 0) is 19.1 Å². The van der Waals surface area contributed by atoms with Gasteiger partial charge in [0.1, 0.15) is 11.5 Å². The first kappa shape index (κ1) is 17.3. The van der Waals surface area contributed by atoms with Crippen LogP contribution in [-0.4, -0.2) is 25.7 Å². The Labute approximate surface area is 151 Å². The SMILES string of the molecule is C=CC(=O)[NH2+]c1cccc(Nc2nc(Nc3cnn(C)c3)ncc2C)c1. The van der Waals surface area contributed by atoms with E-state index in [1.165, 1.54) is 11.4 Å². The van der Waals surface area contributed by atoms with Crippen LogP contribution in [0.15, 0.2) is 55.5 Å². The largest absolute Gasteiger partial charge is 0.340 e. The molecule has 0 bridgehead atoms. The van der Waals surface area contributed by atoms with Gasteiger partial charge in [0.2, 0.25) is 5.95 Å². The van der Waals surface area contributed by atoms with Crippen molar-refractivity contribution in [2.75, 3.05) is 10.6 Å². The fraction of sp³-hybridized carbons (Fsp3) is 0.111. The lowest BCUT2D eigenvalue weighted by molar-refractivity contribution is -0.478. The monoisotopic (exact) mass is 350 g/mol. The first-order valence-corrected chi connectivity index (χ1v) is 8.01. The van der Waals surface area contributed by atoms with Crippen molar-refractivity contribution in [3.63, 3.8) is 0 Å². The summed E-state index contributed by atoms with van der Waals surface area (Å²) in [5.74, 6) is 1.01. The fourth-order valence-electron chi connectivity index (χ4n) is 2.31. The van der Waals surface area contributed by atoms with Crippen molar-refractivity contribution in [2.45, 2.75) is 6.92 Å². The molecular weight excluding hydrogens is 330 g/mol. The van der Waals surface area contributed by atoms with Gasteiger partial charge in [-0.25, -0.2) is 15.1 Å². The number of anilines is 4. The molecule has 0 saturated carbocycles. The summed E-state index contributed by atoms with van der Waals surface area (Å²) in [7, 11) is 1.84. The van der Waals surface area contributed by atoms with Crippen molar-refractivity contribution in [3.05, 3.63) is 61.1 Å². The van der Waals surface area contributed by atoms with Gasteiger partial charge in [0.25, 0.3) is 0 Å². The van der Waals surface area contributed by atoms with Gasteiger partial charge in [-0.1, -0.05) is 12.6 Å². The zero-order valence-corrected chi connectivity index (χ0v) is 14.6. The number of quaternary nitrogens is 1. The Balaban J connectivity index is 1.78. The highest BCUT2D eigenvalue weighted by Crippen LogP contribution is 2.21. The van der Waals surface area contributed by atoms with Gasteiger partial charge in [0, 0.05) is 42.8 Å². The number of carbonyl (C=O) groups excluding carboxylic acids is 1. The lowest BCUT2D eigenvalue weighted by atomic mass is 10.2. The molecule has 26 heavy (non-hydrogen) atoms. The van der Waals surface area contributed by atoms with E-state index in [9.17, 15) is 4.79 Å². The number of nitrogens with zero attached hydrogens (tertiary/aromatic N) is 4. The van der Waals surface area contributed by atoms with Crippen LogP contribution in [-0.2, 0) is 11.8 Å². The maximum atomic E-state index is 11.5. The first-order valence-electron chi connectivity index (χ1n) is 8.01. The molecule has 2 heterocycles. The molecule has 3 aromatic rings. The minimum atomic E-state index is -0.136. The Hall–Kier alpha value is -3.52. The van der Waals surface area contributed by atoms with Gasteiger partial charge >= 0.3 is 5.91 Å². The summed E-state index contributed by atoms with van der Waals surface area (Å²) in [6.45, 7) is 5.40. The minimum absolute atomic E-state index is 0.136. The van der Waals surface area contributed by atoms with E-state index in [4.69, 9.17) is 0 Å². The summed E-state index contributed by atoms with van der Waals surface area (Å²) in [6, 6.07) is 7.51. The van der Waals surface area contributed by atoms with Crippen molar-refractivity contribution in [1.29, 1.82) is 0 Å². The van der Waals surface area contributed by atoms with E-state index in [1.807, 2.05) is 44.4 Å². The first-order chi connectivity index (χ1) is 12.5. The lowest BCUT2D eigenvalue weighted by Crippen LogP contribution is -2.81. The molecule has 0 aliphatic heterocycles. The molecular formula is C18H20N7O+. The highest BCUT2D eigenvalue weighted by Gasteiger charge is 2.08. The topological polar surface area (TPSA) is 101 Å². The van der Waals surface area contributed by atoms with Crippen LogP contribution >= 0.6 is 0 Å². The number of primary amides is 1. The second kappa shape index (κ2) is 7.58. The summed E-state index contributed by atoms with van der Waals surface area (Å²) in [6.07, 6.45) is 6.56. The number of aryl methyl sites for hydroxylation is 2. The van der Waals surface area contributed by atoms with Crippen LogP contribution in [0.5, 0.6) is 0 Å². The normalized spacial score (nSPS) is 10.4. The number of nitrogens with two attached hydrogens (primary N) is 1. The second-order valence-corrected chi connectivity index (χ2v) is 5.75. The Morgan fingerprint density at radius 1 is 1.27 bits per heavy atom. The maximum absolute atomic E-state index is 11.5. The molecule has 1 aromatic carbocycles. The van der Waals surface area contributed by atoms with E-state index >= 15 is 0 Å². The van der Waals surface area contributed by atoms with Crippen LogP contribution in [0.2, 0.25) is 0 Å². The second-order valence-electron chi connectivity index (χ2n) is 5.75. The minimum Gasteiger partial charge on any atom is -0.340 e. The highest BCUT2D eigenvalue weighted by molar-refractivity contribution is 5.79. The molecule has 8 nitrogen and oxygen atoms in total. The molecule has 3 rings (SSSR count). The molecule has 4 N–H and O–H groups in total. The number of benzene rings is 1. The van der Waals surface area contributed by atoms with Crippen molar-refractivity contribution >= 4 is 34.7 Å². The molecule has 0 saturated heterocycles. The summed E-state index contributed by atoms with van der Waals surface area (Å²) in [4.78, 5) is 20.3. The van der Waals surface area contributed by atoms with Gasteiger partial charge < -0.3 is 10.6 Å². The Kier molecular flexibility index (Phi) is 5.04. The third-order valence-electron chi connectivity index (χ3n) is 3.59. The predicted octanol–water partition coefficient (Wildman–Crippen LogP) is 1.91. The predicted molar refractivity (Wildman–Crippen MR) is 99.8 cm³/mol. The molecule has 0 aliphatic carbocycles. The van der Waals surface area contributed by atoms with E-state index in [0.717, 1.165) is 22.6 Å². The van der Waals surface area contributed by atoms with Crippen molar-refractivity contribution in [3.8, 4) is 0 Å². The summed E-state index contributed by atoms with van der Waals surface area (Å²) < 4.78 is 1.70. The number of hydrogen-bond donors (Lipinski definition) is 3. The summed E-state index contributed by atoms with van der Waals surface area (Å²) in [5.41, 5.74) is 3.32. The molecule has 0 atom stereocenters. The highest BCUT2D eigenvalue weighted by atomic mass is 16.1. The average Bonchev–Trinajstić information content (AvgIpc) is 3.03. The molecule has 0 aliphatic rings. The summed E-state index contributed by atoms with van der Waals surface area (Å²) in [5, 5.41) is 12.0. The van der Waals surface area contributed by atoms with Gasteiger partial charge in [0.15, 0.2) is 0 Å². The van der Waals surface area contributed by atoms with E-state index in [-0.39, 0.29) is 5.91 Å². The van der Waals surface area contributed by atoms with Gasteiger partial charge in [-0.2, -0.15) is 10.1 Å². The van der Waals surface area contributed by atoms with Crippen LogP contribution < -0.4 is 16.0 Å². The molecule has 1 amide bonds. The molecule has 0 fully saturated rings. The Bertz CT molecular complexity index is 948. The quantitative estimate of drug-likeness (QED) is 0.464. The maximum Gasteiger partial charge on any atom is 0.339 e. The molecule has 2 aromatic heterocycles. The van der Waals surface area contributed by atoms with Crippen molar-refractivity contribution in [1.82, 2.24) is 19.7 Å². The van der Waals surface area contributed by atoms with Crippen LogP contribution in [0.3, 0.4) is 0 Å². The number of hydrogen-bond acceptors (Lipinski definition) is 6. The van der Waals surface area contributed by atoms with Gasteiger partial charge in [-0.3, -0.25) is 4.68 Å². The number of amides is 1. The van der Waals surface area contributed by atoms with E-state index in [2.05, 4.69) is 32.3 Å². The van der Waals surface area contributed by atoms with Crippen molar-refractivity contribution < 1.29 is 10.1 Å². The molecule has 8 heteroatoms. The lowest BCUT2D eigenvalue weighted by Gasteiger charge is -2.10. The zero-order valence-electron chi connectivity index (χ0n) is 14.6. The van der Waals surface area contributed by atoms with Crippen LogP contribution in [0, 0.1) is 6.92 Å². The van der Waals surface area contributed by atoms with E-state index in [0.29, 0.717) is 11.8 Å². The smallest absolute Gasteiger partial charge is 0.339 e. The van der Waals surface area contributed by atoms with Gasteiger partial charge in [0.05, 0.1) is 11.9 Å². The Morgan fingerprint density at radius 2 is 2.12 bits per heavy atom. The fourth-order valence-corrected chi connectivity index (χ4v) is 2.31. The van der Waals surface area contributed by atoms with Crippen LogP contribution in [0.4, 0.5) is 28.8 Å².